The Labute approximate surface area is 80.5 Å². The van der Waals surface area contributed by atoms with Gasteiger partial charge in [0, 0.05) is 0 Å². The van der Waals surface area contributed by atoms with Crippen molar-refractivity contribution < 1.29 is 5.11 Å². The van der Waals surface area contributed by atoms with Gasteiger partial charge in [-0.3, -0.25) is 0 Å². The first-order valence-corrected chi connectivity index (χ1v) is 5.74. The topological polar surface area (TPSA) is 20.2 Å². The standard InChI is InChI=1S/C12H20O/c1-11(2)10-4-8-3-9(5-10)7-12(11,13)6-8/h8-10,13H,3-7H2,1-2H3/t8-,9+,10?,12?. The number of rotatable bonds is 0. The van der Waals surface area contributed by atoms with Crippen LogP contribution in [-0.4, -0.2) is 10.7 Å². The van der Waals surface area contributed by atoms with E-state index in [1.54, 1.807) is 0 Å². The summed E-state index contributed by atoms with van der Waals surface area (Å²) in [4.78, 5) is 0. The second-order valence-corrected chi connectivity index (χ2v) is 6.30. The Morgan fingerprint density at radius 1 is 1.00 bits per heavy atom. The second-order valence-electron chi connectivity index (χ2n) is 6.30. The highest BCUT2D eigenvalue weighted by Crippen LogP contribution is 2.63. The minimum absolute atomic E-state index is 0.195. The Bertz CT molecular complexity index is 230. The molecule has 4 fully saturated rings. The SMILES string of the molecule is CC1(C)C2C[C@@H]3C[C@H](C2)CC1(O)C3. The molecule has 1 heteroatoms. The smallest absolute Gasteiger partial charge is 0.0706 e. The van der Waals surface area contributed by atoms with E-state index < -0.39 is 0 Å². The van der Waals surface area contributed by atoms with Crippen LogP contribution in [0.25, 0.3) is 0 Å². The fourth-order valence-electron chi connectivity index (χ4n) is 4.43. The summed E-state index contributed by atoms with van der Waals surface area (Å²) in [6, 6.07) is 0. The Morgan fingerprint density at radius 2 is 1.54 bits per heavy atom. The van der Waals surface area contributed by atoms with Gasteiger partial charge in [0.1, 0.15) is 0 Å². The Hall–Kier alpha value is -0.0400. The van der Waals surface area contributed by atoms with Crippen LogP contribution in [-0.2, 0) is 0 Å². The van der Waals surface area contributed by atoms with Crippen molar-refractivity contribution in [3.8, 4) is 0 Å². The van der Waals surface area contributed by atoms with Gasteiger partial charge < -0.3 is 5.11 Å². The Balaban J connectivity index is 2.03. The number of hydrogen-bond acceptors (Lipinski definition) is 1. The lowest BCUT2D eigenvalue weighted by Gasteiger charge is -2.63. The van der Waals surface area contributed by atoms with Crippen LogP contribution in [0.5, 0.6) is 0 Å². The summed E-state index contributed by atoms with van der Waals surface area (Å²) in [5.41, 5.74) is -0.109. The van der Waals surface area contributed by atoms with Gasteiger partial charge >= 0.3 is 0 Å². The first-order chi connectivity index (χ1) is 6.01. The Kier molecular flexibility index (Phi) is 1.36. The molecule has 2 unspecified atom stereocenters. The van der Waals surface area contributed by atoms with Crippen molar-refractivity contribution >= 4 is 0 Å². The molecule has 0 aliphatic heterocycles. The predicted octanol–water partition coefficient (Wildman–Crippen LogP) is 2.58. The number of aliphatic hydroxyl groups is 1. The molecule has 0 aromatic heterocycles. The lowest BCUT2D eigenvalue weighted by atomic mass is 9.44. The van der Waals surface area contributed by atoms with E-state index in [0.29, 0.717) is 0 Å². The molecule has 0 aromatic rings. The third-order valence-corrected chi connectivity index (χ3v) is 5.38. The van der Waals surface area contributed by atoms with Crippen LogP contribution in [0.15, 0.2) is 0 Å². The van der Waals surface area contributed by atoms with E-state index >= 15 is 0 Å². The summed E-state index contributed by atoms with van der Waals surface area (Å²) in [7, 11) is 0. The molecule has 4 atom stereocenters. The first kappa shape index (κ1) is 8.28. The van der Waals surface area contributed by atoms with E-state index in [1.165, 1.54) is 19.3 Å². The van der Waals surface area contributed by atoms with Crippen LogP contribution in [0, 0.1) is 23.2 Å². The van der Waals surface area contributed by atoms with Gasteiger partial charge in [-0.1, -0.05) is 13.8 Å². The molecule has 13 heavy (non-hydrogen) atoms. The summed E-state index contributed by atoms with van der Waals surface area (Å²) in [6.45, 7) is 4.57. The van der Waals surface area contributed by atoms with Crippen LogP contribution in [0.3, 0.4) is 0 Å². The van der Waals surface area contributed by atoms with Crippen molar-refractivity contribution in [2.24, 2.45) is 23.2 Å². The largest absolute Gasteiger partial charge is 0.389 e. The summed E-state index contributed by atoms with van der Waals surface area (Å²) >= 11 is 0. The van der Waals surface area contributed by atoms with Gasteiger partial charge in [-0.05, 0) is 55.3 Å². The van der Waals surface area contributed by atoms with Crippen molar-refractivity contribution in [3.63, 3.8) is 0 Å². The maximum atomic E-state index is 10.6. The summed E-state index contributed by atoms with van der Waals surface area (Å²) in [5, 5.41) is 10.6. The summed E-state index contributed by atoms with van der Waals surface area (Å²) < 4.78 is 0. The molecular formula is C12H20O. The predicted molar refractivity (Wildman–Crippen MR) is 52.3 cm³/mol. The first-order valence-electron chi connectivity index (χ1n) is 5.74. The molecule has 0 aromatic carbocycles. The third-order valence-electron chi connectivity index (χ3n) is 5.38. The average Bonchev–Trinajstić information content (AvgIpc) is 1.99. The second kappa shape index (κ2) is 2.13. The Morgan fingerprint density at radius 3 is 2.00 bits per heavy atom. The lowest BCUT2D eigenvalue weighted by molar-refractivity contribution is -0.212. The van der Waals surface area contributed by atoms with Gasteiger partial charge in [-0.15, -0.1) is 0 Å². The minimum atomic E-state index is -0.304. The quantitative estimate of drug-likeness (QED) is 0.607. The molecule has 1 N–H and O–H groups in total. The zero-order valence-corrected chi connectivity index (χ0v) is 8.71. The maximum absolute atomic E-state index is 10.6. The van der Waals surface area contributed by atoms with Crippen molar-refractivity contribution in [1.29, 1.82) is 0 Å². The highest BCUT2D eigenvalue weighted by atomic mass is 16.3. The van der Waals surface area contributed by atoms with Crippen molar-refractivity contribution in [2.45, 2.75) is 51.6 Å². The highest BCUT2D eigenvalue weighted by molar-refractivity contribution is 5.11. The molecule has 4 bridgehead atoms. The molecule has 0 saturated heterocycles. The van der Waals surface area contributed by atoms with Crippen LogP contribution < -0.4 is 0 Å². The lowest BCUT2D eigenvalue weighted by Crippen LogP contribution is -2.61. The van der Waals surface area contributed by atoms with E-state index in [1.807, 2.05) is 0 Å². The zero-order chi connectivity index (χ0) is 9.27. The molecule has 4 saturated carbocycles. The van der Waals surface area contributed by atoms with E-state index in [4.69, 9.17) is 0 Å². The number of hydrogen-bond donors (Lipinski definition) is 1. The molecule has 4 aliphatic carbocycles. The van der Waals surface area contributed by atoms with Crippen LogP contribution in [0.2, 0.25) is 0 Å². The van der Waals surface area contributed by atoms with Crippen LogP contribution in [0.4, 0.5) is 0 Å². The normalized spacial score (nSPS) is 57.0. The van der Waals surface area contributed by atoms with Crippen molar-refractivity contribution in [3.05, 3.63) is 0 Å². The van der Waals surface area contributed by atoms with Crippen LogP contribution >= 0.6 is 0 Å². The maximum Gasteiger partial charge on any atom is 0.0706 e. The molecule has 0 amide bonds. The molecule has 4 rings (SSSR count). The minimum Gasteiger partial charge on any atom is -0.389 e. The van der Waals surface area contributed by atoms with E-state index in [2.05, 4.69) is 13.8 Å². The van der Waals surface area contributed by atoms with Gasteiger partial charge in [0.15, 0.2) is 0 Å². The van der Waals surface area contributed by atoms with Crippen molar-refractivity contribution in [1.82, 2.24) is 0 Å². The highest BCUT2D eigenvalue weighted by Gasteiger charge is 2.60. The van der Waals surface area contributed by atoms with Gasteiger partial charge in [0.2, 0.25) is 0 Å². The monoisotopic (exact) mass is 180 g/mol. The molecule has 0 radical (unpaired) electrons. The van der Waals surface area contributed by atoms with Crippen molar-refractivity contribution in [2.75, 3.05) is 0 Å². The fourth-order valence-corrected chi connectivity index (χ4v) is 4.43. The summed E-state index contributed by atoms with van der Waals surface area (Å²) in [5.74, 6) is 2.52. The third kappa shape index (κ3) is 0.869. The molecule has 74 valence electrons. The van der Waals surface area contributed by atoms with E-state index in [-0.39, 0.29) is 11.0 Å². The van der Waals surface area contributed by atoms with Gasteiger partial charge in [-0.2, -0.15) is 0 Å². The van der Waals surface area contributed by atoms with Gasteiger partial charge in [-0.25, -0.2) is 0 Å². The van der Waals surface area contributed by atoms with E-state index in [9.17, 15) is 5.11 Å². The molecule has 1 nitrogen and oxygen atoms in total. The molecular weight excluding hydrogens is 160 g/mol. The molecule has 0 spiro atoms. The average molecular weight is 180 g/mol. The van der Waals surface area contributed by atoms with Crippen LogP contribution in [0.1, 0.15) is 46.0 Å². The fraction of sp³-hybridized carbons (Fsp3) is 1.00. The van der Waals surface area contributed by atoms with Gasteiger partial charge in [0.05, 0.1) is 5.60 Å². The molecule has 4 aliphatic rings. The zero-order valence-electron chi connectivity index (χ0n) is 8.71. The van der Waals surface area contributed by atoms with Gasteiger partial charge in [0.25, 0.3) is 0 Å². The summed E-state index contributed by atoms with van der Waals surface area (Å²) in [6.07, 6.45) is 6.38. The molecule has 0 heterocycles. The van der Waals surface area contributed by atoms with E-state index in [0.717, 1.165) is 30.6 Å².